The Morgan fingerprint density at radius 3 is 2.72 bits per heavy atom. The van der Waals surface area contributed by atoms with Gasteiger partial charge in [0.25, 0.3) is 0 Å². The van der Waals surface area contributed by atoms with Crippen LogP contribution in [-0.2, 0) is 14.3 Å². The fourth-order valence-electron chi connectivity index (χ4n) is 2.75. The predicted molar refractivity (Wildman–Crippen MR) is 98.5 cm³/mol. The van der Waals surface area contributed by atoms with Gasteiger partial charge < -0.3 is 10.1 Å². The minimum Gasteiger partial charge on any atom is -0.452 e. The van der Waals surface area contributed by atoms with Crippen LogP contribution in [0.15, 0.2) is 18.2 Å². The minimum atomic E-state index is -0.393. The van der Waals surface area contributed by atoms with Crippen molar-refractivity contribution in [3.63, 3.8) is 0 Å². The van der Waals surface area contributed by atoms with Gasteiger partial charge in [-0.15, -0.1) is 0 Å². The lowest BCUT2D eigenvalue weighted by atomic mass is 10.1. The number of benzene rings is 1. The van der Waals surface area contributed by atoms with E-state index >= 15 is 0 Å². The number of carbonyl (C=O) groups is 2. The molecule has 1 amide bonds. The topological polar surface area (TPSA) is 55.4 Å². The van der Waals surface area contributed by atoms with Gasteiger partial charge in [0.05, 0.1) is 11.4 Å². The number of carbonyl (C=O) groups excluding carboxylic acids is 2. The second-order valence-corrected chi connectivity index (χ2v) is 7.03. The number of hydrogen-bond acceptors (Lipinski definition) is 3. The highest BCUT2D eigenvalue weighted by Gasteiger charge is 2.24. The van der Waals surface area contributed by atoms with E-state index in [9.17, 15) is 9.59 Å². The van der Waals surface area contributed by atoms with Crippen molar-refractivity contribution in [2.24, 2.45) is 5.92 Å². The summed E-state index contributed by atoms with van der Waals surface area (Å²) in [6.07, 6.45) is 4.20. The van der Waals surface area contributed by atoms with Crippen molar-refractivity contribution < 1.29 is 14.3 Å². The van der Waals surface area contributed by atoms with Crippen LogP contribution in [0.4, 0.5) is 0 Å². The van der Waals surface area contributed by atoms with Crippen molar-refractivity contribution in [1.29, 1.82) is 0 Å². The molecule has 0 aliphatic heterocycles. The van der Waals surface area contributed by atoms with E-state index < -0.39 is 5.97 Å². The fourth-order valence-corrected chi connectivity index (χ4v) is 3.20. The quantitative estimate of drug-likeness (QED) is 0.619. The Kier molecular flexibility index (Phi) is 7.61. The maximum Gasteiger partial charge on any atom is 0.308 e. The van der Waals surface area contributed by atoms with Gasteiger partial charge in [-0.1, -0.05) is 47.9 Å². The summed E-state index contributed by atoms with van der Waals surface area (Å²) in [6.45, 7) is 1.77. The Hall–Kier alpha value is -1.70. The molecule has 4 nitrogen and oxygen atoms in total. The second kappa shape index (κ2) is 9.70. The first kappa shape index (κ1) is 19.6. The van der Waals surface area contributed by atoms with Gasteiger partial charge in [0.1, 0.15) is 0 Å². The number of esters is 1. The number of amides is 1. The lowest BCUT2D eigenvalue weighted by Gasteiger charge is -2.16. The number of ether oxygens (including phenoxy) is 1. The summed E-state index contributed by atoms with van der Waals surface area (Å²) in [5.41, 5.74) is 0.624. The molecule has 1 aliphatic carbocycles. The summed E-state index contributed by atoms with van der Waals surface area (Å²) in [7, 11) is 0. The highest BCUT2D eigenvalue weighted by atomic mass is 35.5. The van der Waals surface area contributed by atoms with E-state index in [1.54, 1.807) is 25.1 Å². The molecule has 1 saturated carbocycles. The van der Waals surface area contributed by atoms with Crippen LogP contribution in [0.3, 0.4) is 0 Å². The number of nitrogens with one attached hydrogen (secondary N) is 1. The molecule has 1 fully saturated rings. The molecule has 1 aliphatic rings. The highest BCUT2D eigenvalue weighted by molar-refractivity contribution is 6.35. The van der Waals surface area contributed by atoms with Crippen LogP contribution in [0.5, 0.6) is 0 Å². The number of hydrogen-bond donors (Lipinski definition) is 1. The molecule has 2 rings (SSSR count). The van der Waals surface area contributed by atoms with Crippen LogP contribution in [0, 0.1) is 17.8 Å². The molecule has 1 atom stereocenters. The van der Waals surface area contributed by atoms with Crippen molar-refractivity contribution >= 4 is 35.1 Å². The second-order valence-electron chi connectivity index (χ2n) is 6.18. The molecule has 0 saturated heterocycles. The molecule has 1 aromatic rings. The average Bonchev–Trinajstić information content (AvgIpc) is 3.07. The first-order valence-corrected chi connectivity index (χ1v) is 9.11. The Morgan fingerprint density at radius 2 is 2.04 bits per heavy atom. The zero-order chi connectivity index (χ0) is 18.2. The summed E-state index contributed by atoms with van der Waals surface area (Å²) in [5.74, 6) is 5.31. The number of rotatable bonds is 5. The van der Waals surface area contributed by atoms with Gasteiger partial charge in [-0.2, -0.15) is 0 Å². The first-order valence-electron chi connectivity index (χ1n) is 8.35. The van der Waals surface area contributed by atoms with Crippen molar-refractivity contribution in [3.8, 4) is 11.8 Å². The Bertz CT molecular complexity index is 688. The molecule has 1 aromatic carbocycles. The summed E-state index contributed by atoms with van der Waals surface area (Å²) in [6, 6.07) is 4.76. The van der Waals surface area contributed by atoms with Crippen molar-refractivity contribution in [1.82, 2.24) is 5.32 Å². The Labute approximate surface area is 158 Å². The molecular weight excluding hydrogens is 361 g/mol. The Morgan fingerprint density at radius 1 is 1.32 bits per heavy atom. The molecule has 0 bridgehead atoms. The first-order chi connectivity index (χ1) is 12.0. The predicted octanol–water partition coefficient (Wildman–Crippen LogP) is 3.97. The van der Waals surface area contributed by atoms with Crippen LogP contribution in [-0.4, -0.2) is 24.5 Å². The van der Waals surface area contributed by atoms with Crippen LogP contribution >= 0.6 is 23.2 Å². The molecular formula is C19H21Cl2NO3. The fraction of sp³-hybridized carbons (Fsp3) is 0.474. The van der Waals surface area contributed by atoms with Gasteiger partial charge in [-0.3, -0.25) is 9.59 Å². The molecule has 134 valence electrons. The van der Waals surface area contributed by atoms with Crippen LogP contribution in [0.2, 0.25) is 10.0 Å². The minimum absolute atomic E-state index is 0.0267. The monoisotopic (exact) mass is 381 g/mol. The van der Waals surface area contributed by atoms with Gasteiger partial charge >= 0.3 is 5.97 Å². The van der Waals surface area contributed by atoms with Gasteiger partial charge in [0.15, 0.2) is 6.61 Å². The van der Waals surface area contributed by atoms with Crippen LogP contribution < -0.4 is 5.32 Å². The lowest BCUT2D eigenvalue weighted by molar-refractivity contribution is -0.142. The van der Waals surface area contributed by atoms with Gasteiger partial charge in [-0.25, -0.2) is 0 Å². The largest absolute Gasteiger partial charge is 0.452 e. The lowest BCUT2D eigenvalue weighted by Crippen LogP contribution is -2.37. The standard InChI is InChI=1S/C19H21Cl2NO3/c1-13(22-19(24)15-5-2-3-6-15)11-18(23)25-10-4-7-14-8-9-16(20)12-17(14)21/h8-9,12-13,15H,2-3,5-6,10-11H2,1H3,(H,22,24)/t13-/m0/s1. The van der Waals surface area contributed by atoms with E-state index in [1.807, 2.05) is 0 Å². The van der Waals surface area contributed by atoms with Gasteiger partial charge in [0, 0.05) is 22.5 Å². The maximum absolute atomic E-state index is 12.0. The summed E-state index contributed by atoms with van der Waals surface area (Å²) >= 11 is 11.8. The van der Waals surface area contributed by atoms with Gasteiger partial charge in [0.2, 0.25) is 5.91 Å². The van der Waals surface area contributed by atoms with E-state index in [0.29, 0.717) is 15.6 Å². The average molecular weight is 382 g/mol. The molecule has 0 radical (unpaired) electrons. The summed E-state index contributed by atoms with van der Waals surface area (Å²) in [5, 5.41) is 3.87. The SMILES string of the molecule is C[C@@H](CC(=O)OCC#Cc1ccc(Cl)cc1Cl)NC(=O)C1CCCC1. The van der Waals surface area contributed by atoms with E-state index in [4.69, 9.17) is 27.9 Å². The highest BCUT2D eigenvalue weighted by Crippen LogP contribution is 2.24. The third-order valence-electron chi connectivity index (χ3n) is 4.05. The number of halogens is 2. The molecule has 25 heavy (non-hydrogen) atoms. The van der Waals surface area contributed by atoms with Crippen molar-refractivity contribution in [3.05, 3.63) is 33.8 Å². The third kappa shape index (κ3) is 6.61. The third-order valence-corrected chi connectivity index (χ3v) is 4.59. The van der Waals surface area contributed by atoms with E-state index in [0.717, 1.165) is 25.7 Å². The summed E-state index contributed by atoms with van der Waals surface area (Å²) < 4.78 is 5.07. The van der Waals surface area contributed by atoms with Gasteiger partial charge in [-0.05, 0) is 38.0 Å². The molecule has 0 aromatic heterocycles. The van der Waals surface area contributed by atoms with Crippen LogP contribution in [0.25, 0.3) is 0 Å². The van der Waals surface area contributed by atoms with E-state index in [1.165, 1.54) is 0 Å². The normalized spacial score (nSPS) is 15.2. The Balaban J connectivity index is 1.71. The molecule has 0 unspecified atom stereocenters. The zero-order valence-electron chi connectivity index (χ0n) is 14.1. The maximum atomic E-state index is 12.0. The molecule has 1 N–H and O–H groups in total. The zero-order valence-corrected chi connectivity index (χ0v) is 15.6. The van der Waals surface area contributed by atoms with Crippen molar-refractivity contribution in [2.75, 3.05) is 6.61 Å². The molecule has 6 heteroatoms. The smallest absolute Gasteiger partial charge is 0.308 e. The van der Waals surface area contributed by atoms with E-state index in [2.05, 4.69) is 17.2 Å². The van der Waals surface area contributed by atoms with Crippen molar-refractivity contribution in [2.45, 2.75) is 45.1 Å². The van der Waals surface area contributed by atoms with Crippen LogP contribution in [0.1, 0.15) is 44.6 Å². The summed E-state index contributed by atoms with van der Waals surface area (Å²) in [4.78, 5) is 23.8. The van der Waals surface area contributed by atoms with E-state index in [-0.39, 0.29) is 30.9 Å². The molecule has 0 spiro atoms. The molecule has 0 heterocycles.